The minimum atomic E-state index is -0.00158. The van der Waals surface area contributed by atoms with Gasteiger partial charge in [-0.25, -0.2) is 4.68 Å². The third-order valence-corrected chi connectivity index (χ3v) is 4.25. The van der Waals surface area contributed by atoms with Crippen LogP contribution in [0.5, 0.6) is 0 Å². The van der Waals surface area contributed by atoms with E-state index in [4.69, 9.17) is 0 Å². The summed E-state index contributed by atoms with van der Waals surface area (Å²) in [7, 11) is 2.12. The molecule has 1 aliphatic heterocycles. The van der Waals surface area contributed by atoms with Gasteiger partial charge in [-0.3, -0.25) is 4.79 Å². The van der Waals surface area contributed by atoms with Gasteiger partial charge in [-0.1, -0.05) is 0 Å². The van der Waals surface area contributed by atoms with Gasteiger partial charge in [0.05, 0.1) is 5.69 Å². The van der Waals surface area contributed by atoms with Crippen LogP contribution in [0.1, 0.15) is 22.5 Å². The van der Waals surface area contributed by atoms with Gasteiger partial charge in [-0.15, -0.1) is 0 Å². The second kappa shape index (κ2) is 6.32. The van der Waals surface area contributed by atoms with Crippen LogP contribution in [-0.4, -0.2) is 47.3 Å². The minimum absolute atomic E-state index is 0.00158. The molecule has 1 N–H and O–H groups in total. The van der Waals surface area contributed by atoms with Crippen LogP contribution in [0.3, 0.4) is 0 Å². The Morgan fingerprint density at radius 2 is 2.09 bits per heavy atom. The Labute approximate surface area is 130 Å². The standard InChI is InChI=1S/C17H22N4O/c1-13-7-9-19-21(13)16-5-3-15(4-6-16)17(22)18-11-14-8-10-20(2)12-14/h3-7,9,14H,8,10-12H2,1-2H3,(H,18,22). The van der Waals surface area contributed by atoms with Crippen molar-refractivity contribution in [2.75, 3.05) is 26.7 Å². The van der Waals surface area contributed by atoms with Crippen molar-refractivity contribution in [1.29, 1.82) is 0 Å². The molecule has 5 nitrogen and oxygen atoms in total. The second-order valence-corrected chi connectivity index (χ2v) is 6.06. The average Bonchev–Trinajstić information content (AvgIpc) is 3.13. The summed E-state index contributed by atoms with van der Waals surface area (Å²) in [4.78, 5) is 14.5. The van der Waals surface area contributed by atoms with Crippen molar-refractivity contribution < 1.29 is 4.79 Å². The molecule has 3 rings (SSSR count). The number of nitrogens with zero attached hydrogens (tertiary/aromatic N) is 3. The van der Waals surface area contributed by atoms with Crippen LogP contribution in [0.25, 0.3) is 5.69 Å². The SMILES string of the molecule is Cc1ccnn1-c1ccc(C(=O)NCC2CCN(C)C2)cc1. The highest BCUT2D eigenvalue weighted by Crippen LogP contribution is 2.14. The van der Waals surface area contributed by atoms with Gasteiger partial charge in [0.2, 0.25) is 0 Å². The topological polar surface area (TPSA) is 50.2 Å². The molecule has 1 fully saturated rings. The van der Waals surface area contributed by atoms with Gasteiger partial charge < -0.3 is 10.2 Å². The van der Waals surface area contributed by atoms with Crippen molar-refractivity contribution >= 4 is 5.91 Å². The number of rotatable bonds is 4. The number of nitrogens with one attached hydrogen (secondary N) is 1. The molecular weight excluding hydrogens is 276 g/mol. The second-order valence-electron chi connectivity index (χ2n) is 6.06. The van der Waals surface area contributed by atoms with Gasteiger partial charge in [-0.05, 0) is 63.2 Å². The molecule has 22 heavy (non-hydrogen) atoms. The molecule has 2 heterocycles. The lowest BCUT2D eigenvalue weighted by Gasteiger charge is -2.12. The zero-order valence-electron chi connectivity index (χ0n) is 13.1. The van der Waals surface area contributed by atoms with E-state index in [-0.39, 0.29) is 5.91 Å². The maximum atomic E-state index is 12.2. The predicted octanol–water partition coefficient (Wildman–Crippen LogP) is 1.86. The van der Waals surface area contributed by atoms with E-state index in [9.17, 15) is 4.79 Å². The van der Waals surface area contributed by atoms with Gasteiger partial charge in [0.1, 0.15) is 0 Å². The van der Waals surface area contributed by atoms with Gasteiger partial charge in [-0.2, -0.15) is 5.10 Å². The molecule has 1 saturated heterocycles. The number of amides is 1. The first-order valence-corrected chi connectivity index (χ1v) is 7.71. The van der Waals surface area contributed by atoms with E-state index < -0.39 is 0 Å². The maximum absolute atomic E-state index is 12.2. The summed E-state index contributed by atoms with van der Waals surface area (Å²) in [5.74, 6) is 0.568. The van der Waals surface area contributed by atoms with E-state index in [2.05, 4.69) is 22.4 Å². The normalized spacial score (nSPS) is 18.5. The fraction of sp³-hybridized carbons (Fsp3) is 0.412. The Morgan fingerprint density at radius 3 is 2.68 bits per heavy atom. The molecule has 0 radical (unpaired) electrons. The summed E-state index contributed by atoms with van der Waals surface area (Å²) in [6.45, 7) is 4.95. The van der Waals surface area contributed by atoms with Crippen LogP contribution >= 0.6 is 0 Å². The fourth-order valence-electron chi connectivity index (χ4n) is 2.93. The number of likely N-dealkylation sites (tertiary alicyclic amines) is 1. The van der Waals surface area contributed by atoms with E-state index in [1.807, 2.05) is 41.9 Å². The Bertz CT molecular complexity index is 647. The van der Waals surface area contributed by atoms with Crippen molar-refractivity contribution in [2.45, 2.75) is 13.3 Å². The third-order valence-electron chi connectivity index (χ3n) is 4.25. The molecule has 5 heteroatoms. The first-order chi connectivity index (χ1) is 10.6. The lowest BCUT2D eigenvalue weighted by Crippen LogP contribution is -2.30. The van der Waals surface area contributed by atoms with Gasteiger partial charge in [0, 0.05) is 30.5 Å². The van der Waals surface area contributed by atoms with Crippen molar-refractivity contribution in [1.82, 2.24) is 20.0 Å². The highest BCUT2D eigenvalue weighted by Gasteiger charge is 2.20. The summed E-state index contributed by atoms with van der Waals surface area (Å²) in [5, 5.41) is 7.31. The molecule has 0 saturated carbocycles. The lowest BCUT2D eigenvalue weighted by atomic mass is 10.1. The zero-order chi connectivity index (χ0) is 15.5. The molecule has 0 spiro atoms. The number of benzene rings is 1. The monoisotopic (exact) mass is 298 g/mol. The van der Waals surface area contributed by atoms with Crippen molar-refractivity contribution in [3.63, 3.8) is 0 Å². The molecule has 1 unspecified atom stereocenters. The summed E-state index contributed by atoms with van der Waals surface area (Å²) in [6.07, 6.45) is 2.93. The largest absolute Gasteiger partial charge is 0.352 e. The van der Waals surface area contributed by atoms with Crippen LogP contribution in [0.2, 0.25) is 0 Å². The number of carbonyl (C=O) groups excluding carboxylic acids is 1. The molecule has 1 aromatic heterocycles. The Morgan fingerprint density at radius 1 is 1.32 bits per heavy atom. The lowest BCUT2D eigenvalue weighted by molar-refractivity contribution is 0.0947. The summed E-state index contributed by atoms with van der Waals surface area (Å²) in [5.41, 5.74) is 2.74. The third kappa shape index (κ3) is 3.20. The molecule has 0 aliphatic carbocycles. The molecule has 116 valence electrons. The average molecular weight is 298 g/mol. The minimum Gasteiger partial charge on any atom is -0.352 e. The van der Waals surface area contributed by atoms with Crippen LogP contribution in [0.15, 0.2) is 36.5 Å². The Balaban J connectivity index is 1.60. The Hall–Kier alpha value is -2.14. The number of hydrogen-bond donors (Lipinski definition) is 1. The molecule has 1 aromatic carbocycles. The number of aryl methyl sites for hydroxylation is 1. The van der Waals surface area contributed by atoms with Crippen molar-refractivity contribution in [3.8, 4) is 5.69 Å². The van der Waals surface area contributed by atoms with Crippen molar-refractivity contribution in [3.05, 3.63) is 47.8 Å². The van der Waals surface area contributed by atoms with E-state index in [1.165, 1.54) is 0 Å². The molecule has 0 bridgehead atoms. The first kappa shape index (κ1) is 14.8. The Kier molecular flexibility index (Phi) is 4.24. The molecule has 1 aliphatic rings. The van der Waals surface area contributed by atoms with Crippen LogP contribution in [-0.2, 0) is 0 Å². The van der Waals surface area contributed by atoms with Crippen LogP contribution < -0.4 is 5.32 Å². The summed E-state index contributed by atoms with van der Waals surface area (Å²) >= 11 is 0. The van der Waals surface area contributed by atoms with Crippen molar-refractivity contribution in [2.24, 2.45) is 5.92 Å². The van der Waals surface area contributed by atoms with E-state index >= 15 is 0 Å². The van der Waals surface area contributed by atoms with Crippen LogP contribution in [0.4, 0.5) is 0 Å². The van der Waals surface area contributed by atoms with E-state index in [0.29, 0.717) is 11.5 Å². The molecule has 2 aromatic rings. The highest BCUT2D eigenvalue weighted by molar-refractivity contribution is 5.94. The molecule has 1 amide bonds. The molecular formula is C17H22N4O. The van der Waals surface area contributed by atoms with Gasteiger partial charge in [0.25, 0.3) is 5.91 Å². The number of hydrogen-bond acceptors (Lipinski definition) is 3. The summed E-state index contributed by atoms with van der Waals surface area (Å²) < 4.78 is 1.86. The van der Waals surface area contributed by atoms with E-state index in [0.717, 1.165) is 37.4 Å². The van der Waals surface area contributed by atoms with Crippen LogP contribution in [0, 0.1) is 12.8 Å². The van der Waals surface area contributed by atoms with E-state index in [1.54, 1.807) is 6.20 Å². The first-order valence-electron chi connectivity index (χ1n) is 7.71. The zero-order valence-corrected chi connectivity index (χ0v) is 13.1. The smallest absolute Gasteiger partial charge is 0.251 e. The summed E-state index contributed by atoms with van der Waals surface area (Å²) in [6, 6.07) is 9.52. The molecule has 1 atom stereocenters. The predicted molar refractivity (Wildman–Crippen MR) is 86.2 cm³/mol. The number of aromatic nitrogens is 2. The van der Waals surface area contributed by atoms with Gasteiger partial charge >= 0.3 is 0 Å². The maximum Gasteiger partial charge on any atom is 0.251 e. The van der Waals surface area contributed by atoms with Gasteiger partial charge in [0.15, 0.2) is 0 Å². The fourth-order valence-corrected chi connectivity index (χ4v) is 2.93. The highest BCUT2D eigenvalue weighted by atomic mass is 16.1. The quantitative estimate of drug-likeness (QED) is 0.937. The number of carbonyl (C=O) groups is 1.